The van der Waals surface area contributed by atoms with Gasteiger partial charge in [-0.05, 0) is 48.4 Å². The highest BCUT2D eigenvalue weighted by Crippen LogP contribution is 2.31. The number of carbonyl (C=O) groups excluding carboxylic acids is 3. The van der Waals surface area contributed by atoms with Crippen molar-refractivity contribution in [3.63, 3.8) is 0 Å². The van der Waals surface area contributed by atoms with Crippen molar-refractivity contribution in [2.45, 2.75) is 19.9 Å². The summed E-state index contributed by atoms with van der Waals surface area (Å²) in [5, 5.41) is 0. The van der Waals surface area contributed by atoms with Gasteiger partial charge in [0, 0.05) is 6.92 Å². The van der Waals surface area contributed by atoms with Crippen LogP contribution in [0.5, 0.6) is 11.5 Å². The first-order chi connectivity index (χ1) is 18.2. The highest BCUT2D eigenvalue weighted by Gasteiger charge is 2.33. The van der Waals surface area contributed by atoms with E-state index in [1.54, 1.807) is 55.5 Å². The lowest BCUT2D eigenvalue weighted by Gasteiger charge is -2.24. The van der Waals surface area contributed by atoms with Crippen LogP contribution < -0.4 is 24.4 Å². The second-order valence-corrected chi connectivity index (χ2v) is 9.20. The smallest absolute Gasteiger partial charge is 0.338 e. The van der Waals surface area contributed by atoms with Gasteiger partial charge in [-0.2, -0.15) is 0 Å². The first-order valence-electron chi connectivity index (χ1n) is 11.3. The molecule has 38 heavy (non-hydrogen) atoms. The average Bonchev–Trinajstić information content (AvgIpc) is 3.21. The Bertz CT molecular complexity index is 1650. The maximum absolute atomic E-state index is 13.7. The molecule has 2 aromatic carbocycles. The predicted molar refractivity (Wildman–Crippen MR) is 138 cm³/mol. The van der Waals surface area contributed by atoms with Crippen LogP contribution in [0.25, 0.3) is 6.08 Å². The first-order valence-corrected chi connectivity index (χ1v) is 12.2. The summed E-state index contributed by atoms with van der Waals surface area (Å²) in [6.07, 6.45) is 1.67. The molecule has 0 spiro atoms. The third-order valence-electron chi connectivity index (χ3n) is 5.81. The van der Waals surface area contributed by atoms with Crippen LogP contribution >= 0.6 is 11.3 Å². The van der Waals surface area contributed by atoms with Crippen LogP contribution in [0.2, 0.25) is 0 Å². The maximum Gasteiger partial charge on any atom is 0.338 e. The molecule has 10 nitrogen and oxygen atoms in total. The van der Waals surface area contributed by atoms with E-state index < -0.39 is 23.9 Å². The van der Waals surface area contributed by atoms with Crippen LogP contribution in [-0.4, -0.2) is 43.8 Å². The Morgan fingerprint density at radius 2 is 1.66 bits per heavy atom. The molecule has 0 saturated carbocycles. The summed E-state index contributed by atoms with van der Waals surface area (Å²) in [5.41, 5.74) is 1.81. The number of ether oxygens (including phenoxy) is 4. The molecule has 0 radical (unpaired) electrons. The third-order valence-corrected chi connectivity index (χ3v) is 6.80. The number of thiazole rings is 1. The molecule has 1 aromatic heterocycles. The zero-order valence-electron chi connectivity index (χ0n) is 21.3. The van der Waals surface area contributed by atoms with Crippen molar-refractivity contribution in [2.24, 2.45) is 4.99 Å². The van der Waals surface area contributed by atoms with E-state index >= 15 is 0 Å². The summed E-state index contributed by atoms with van der Waals surface area (Å²) in [6.45, 7) is 2.97. The van der Waals surface area contributed by atoms with Crippen LogP contribution in [0.15, 0.2) is 63.5 Å². The summed E-state index contributed by atoms with van der Waals surface area (Å²) in [7, 11) is 4.00. The molecule has 0 aliphatic carbocycles. The van der Waals surface area contributed by atoms with Crippen molar-refractivity contribution in [1.82, 2.24) is 4.57 Å². The Hall–Kier alpha value is -4.51. The number of hydrogen-bond acceptors (Lipinski definition) is 10. The number of carbonyl (C=O) groups is 3. The summed E-state index contributed by atoms with van der Waals surface area (Å²) < 4.78 is 22.1. The fourth-order valence-electron chi connectivity index (χ4n) is 4.09. The van der Waals surface area contributed by atoms with Crippen LogP contribution in [0, 0.1) is 0 Å². The topological polar surface area (TPSA) is 122 Å². The van der Waals surface area contributed by atoms with Crippen LogP contribution in [-0.2, 0) is 19.1 Å². The molecule has 0 N–H and O–H groups in total. The highest BCUT2D eigenvalue weighted by atomic mass is 32.1. The van der Waals surface area contributed by atoms with Crippen molar-refractivity contribution in [2.75, 3.05) is 21.3 Å². The SMILES string of the molecule is COC(=O)C1=C(C)N=c2sc(=Cc3ccc(OC(C)=O)c(OC)c3)c(=O)n2C1c1ccc(C(=O)OC)cc1. The number of aromatic nitrogens is 1. The lowest BCUT2D eigenvalue weighted by molar-refractivity contribution is -0.136. The van der Waals surface area contributed by atoms with E-state index in [9.17, 15) is 19.2 Å². The Morgan fingerprint density at radius 1 is 0.974 bits per heavy atom. The molecule has 0 fully saturated rings. The monoisotopic (exact) mass is 536 g/mol. The molecule has 0 amide bonds. The quantitative estimate of drug-likeness (QED) is 0.347. The van der Waals surface area contributed by atoms with E-state index in [2.05, 4.69) is 4.99 Å². The summed E-state index contributed by atoms with van der Waals surface area (Å²) >= 11 is 1.16. The molecule has 11 heteroatoms. The molecule has 1 unspecified atom stereocenters. The second-order valence-electron chi connectivity index (χ2n) is 8.19. The van der Waals surface area contributed by atoms with Crippen LogP contribution in [0.1, 0.15) is 41.4 Å². The van der Waals surface area contributed by atoms with Crippen LogP contribution in [0.3, 0.4) is 0 Å². The van der Waals surface area contributed by atoms with E-state index in [1.807, 2.05) is 0 Å². The molecule has 1 aliphatic heterocycles. The summed E-state index contributed by atoms with van der Waals surface area (Å²) in [6, 6.07) is 10.5. The number of allylic oxidation sites excluding steroid dienone is 1. The minimum absolute atomic E-state index is 0.213. The standard InChI is InChI=1S/C27H24N2O8S/c1-14-22(26(33)36-5)23(17-7-9-18(10-8-17)25(32)35-4)29-24(31)21(38-27(29)28-14)13-16-6-11-19(37-15(2)30)20(12-16)34-3/h6-13,23H,1-5H3. The number of methoxy groups -OCH3 is 3. The van der Waals surface area contributed by atoms with E-state index in [4.69, 9.17) is 18.9 Å². The van der Waals surface area contributed by atoms with Crippen molar-refractivity contribution in [1.29, 1.82) is 0 Å². The second kappa shape index (κ2) is 10.9. The summed E-state index contributed by atoms with van der Waals surface area (Å²) in [5.74, 6) is -1.02. The molecule has 3 aromatic rings. The molecule has 0 saturated heterocycles. The third kappa shape index (κ3) is 5.00. The first kappa shape index (κ1) is 26.6. The minimum Gasteiger partial charge on any atom is -0.493 e. The van der Waals surface area contributed by atoms with Gasteiger partial charge in [0.05, 0.1) is 48.7 Å². The zero-order chi connectivity index (χ0) is 27.6. The molecule has 1 atom stereocenters. The molecule has 196 valence electrons. The minimum atomic E-state index is -0.826. The van der Waals surface area contributed by atoms with Crippen molar-refractivity contribution >= 4 is 35.3 Å². The highest BCUT2D eigenvalue weighted by molar-refractivity contribution is 7.07. The Balaban J connectivity index is 1.88. The van der Waals surface area contributed by atoms with Gasteiger partial charge in [-0.3, -0.25) is 14.2 Å². The van der Waals surface area contributed by atoms with Gasteiger partial charge in [0.1, 0.15) is 0 Å². The number of hydrogen-bond donors (Lipinski definition) is 0. The van der Waals surface area contributed by atoms with Gasteiger partial charge in [0.15, 0.2) is 16.3 Å². The number of rotatable bonds is 6. The normalized spacial score (nSPS) is 14.9. The van der Waals surface area contributed by atoms with Gasteiger partial charge in [0.25, 0.3) is 5.56 Å². The van der Waals surface area contributed by atoms with Gasteiger partial charge in [0.2, 0.25) is 0 Å². The Labute approximate surface area is 221 Å². The fourth-order valence-corrected chi connectivity index (χ4v) is 5.14. The van der Waals surface area contributed by atoms with Gasteiger partial charge in [-0.1, -0.05) is 29.5 Å². The Kier molecular flexibility index (Phi) is 7.58. The largest absolute Gasteiger partial charge is 0.493 e. The Morgan fingerprint density at radius 3 is 2.26 bits per heavy atom. The van der Waals surface area contributed by atoms with Gasteiger partial charge < -0.3 is 18.9 Å². The van der Waals surface area contributed by atoms with Gasteiger partial charge in [-0.25, -0.2) is 14.6 Å². The van der Waals surface area contributed by atoms with E-state index in [0.717, 1.165) is 11.3 Å². The number of nitrogens with zero attached hydrogens (tertiary/aromatic N) is 2. The molecule has 0 bridgehead atoms. The van der Waals surface area contributed by atoms with E-state index in [-0.39, 0.29) is 16.9 Å². The lowest BCUT2D eigenvalue weighted by Crippen LogP contribution is -2.39. The van der Waals surface area contributed by atoms with E-state index in [1.165, 1.54) is 32.8 Å². The van der Waals surface area contributed by atoms with Crippen LogP contribution in [0.4, 0.5) is 0 Å². The van der Waals surface area contributed by atoms with Crippen molar-refractivity contribution < 1.29 is 33.3 Å². The number of fused-ring (bicyclic) bond motifs is 1. The van der Waals surface area contributed by atoms with Gasteiger partial charge >= 0.3 is 17.9 Å². The fraction of sp³-hybridized carbons (Fsp3) is 0.222. The molecule has 4 rings (SSSR count). The predicted octanol–water partition coefficient (Wildman–Crippen LogP) is 2.13. The summed E-state index contributed by atoms with van der Waals surface area (Å²) in [4.78, 5) is 54.7. The molecular weight excluding hydrogens is 512 g/mol. The molecular formula is C27H24N2O8S. The number of esters is 3. The average molecular weight is 537 g/mol. The van der Waals surface area contributed by atoms with Crippen molar-refractivity contribution in [3.8, 4) is 11.5 Å². The van der Waals surface area contributed by atoms with Crippen molar-refractivity contribution in [3.05, 3.63) is 90.1 Å². The lowest BCUT2D eigenvalue weighted by atomic mass is 9.95. The number of benzene rings is 2. The molecule has 2 heterocycles. The van der Waals surface area contributed by atoms with Gasteiger partial charge in [-0.15, -0.1) is 0 Å². The van der Waals surface area contributed by atoms with E-state index in [0.29, 0.717) is 37.5 Å². The molecule has 1 aliphatic rings. The zero-order valence-corrected chi connectivity index (χ0v) is 22.1. The maximum atomic E-state index is 13.7.